The van der Waals surface area contributed by atoms with Crippen LogP contribution in [0.15, 0.2) is 71.2 Å². The SMILES string of the molecule is CNNC1=C(N)C[C@@H](C(=O)Nc2ccc(=O)n(-c3cnc(NC4Cc5ccccc5C4)nc3)c2)CC1. The highest BCUT2D eigenvalue weighted by atomic mass is 16.2. The summed E-state index contributed by atoms with van der Waals surface area (Å²) in [6.07, 6.45) is 8.51. The lowest BCUT2D eigenvalue weighted by Crippen LogP contribution is -2.35. The summed E-state index contributed by atoms with van der Waals surface area (Å²) < 4.78 is 1.43. The van der Waals surface area contributed by atoms with Crippen LogP contribution in [0, 0.1) is 5.92 Å². The number of hydrazine groups is 1. The van der Waals surface area contributed by atoms with E-state index in [9.17, 15) is 9.59 Å². The second kappa shape index (κ2) is 10.2. The first-order chi connectivity index (χ1) is 17.5. The first-order valence-electron chi connectivity index (χ1n) is 12.1. The molecule has 1 amide bonds. The largest absolute Gasteiger partial charge is 0.401 e. The van der Waals surface area contributed by atoms with Crippen molar-refractivity contribution in [3.05, 3.63) is 87.9 Å². The molecule has 0 bridgehead atoms. The average molecular weight is 487 g/mol. The second-order valence-corrected chi connectivity index (χ2v) is 9.22. The molecule has 186 valence electrons. The van der Waals surface area contributed by atoms with Gasteiger partial charge in [-0.15, -0.1) is 0 Å². The summed E-state index contributed by atoms with van der Waals surface area (Å²) in [4.78, 5) is 34.2. The summed E-state index contributed by atoms with van der Waals surface area (Å²) >= 11 is 0. The van der Waals surface area contributed by atoms with Crippen LogP contribution in [0.2, 0.25) is 0 Å². The van der Waals surface area contributed by atoms with Gasteiger partial charge in [-0.25, -0.2) is 15.4 Å². The third-order valence-electron chi connectivity index (χ3n) is 6.72. The van der Waals surface area contributed by atoms with Gasteiger partial charge in [0.25, 0.3) is 5.56 Å². The van der Waals surface area contributed by atoms with Crippen molar-refractivity contribution in [3.8, 4) is 5.69 Å². The zero-order valence-electron chi connectivity index (χ0n) is 20.1. The minimum atomic E-state index is -0.240. The number of benzene rings is 1. The molecule has 6 N–H and O–H groups in total. The normalized spacial score (nSPS) is 17.5. The van der Waals surface area contributed by atoms with Crippen molar-refractivity contribution in [2.45, 2.75) is 38.1 Å². The maximum absolute atomic E-state index is 12.9. The van der Waals surface area contributed by atoms with Gasteiger partial charge in [0.15, 0.2) is 0 Å². The molecule has 10 nitrogen and oxygen atoms in total. The summed E-state index contributed by atoms with van der Waals surface area (Å²) in [6.45, 7) is 0. The van der Waals surface area contributed by atoms with E-state index in [-0.39, 0.29) is 23.4 Å². The zero-order valence-corrected chi connectivity index (χ0v) is 20.1. The van der Waals surface area contributed by atoms with E-state index in [1.54, 1.807) is 31.7 Å². The van der Waals surface area contributed by atoms with E-state index >= 15 is 0 Å². The van der Waals surface area contributed by atoms with E-state index in [4.69, 9.17) is 5.73 Å². The Morgan fingerprint density at radius 2 is 1.78 bits per heavy atom. The molecule has 0 saturated carbocycles. The molecule has 0 radical (unpaired) electrons. The summed E-state index contributed by atoms with van der Waals surface area (Å²) in [6, 6.07) is 11.7. The van der Waals surface area contributed by atoms with Crippen LogP contribution in [0.4, 0.5) is 11.6 Å². The Kier molecular flexibility index (Phi) is 6.68. The molecule has 2 aromatic heterocycles. The van der Waals surface area contributed by atoms with Gasteiger partial charge < -0.3 is 21.8 Å². The lowest BCUT2D eigenvalue weighted by atomic mass is 9.89. The number of amides is 1. The molecule has 0 fully saturated rings. The molecule has 5 rings (SSSR count). The fourth-order valence-electron chi connectivity index (χ4n) is 4.86. The number of carbonyl (C=O) groups is 1. The van der Waals surface area contributed by atoms with Gasteiger partial charge in [-0.3, -0.25) is 14.2 Å². The standard InChI is InChI=1S/C26H30N8O2/c1-28-33-23-8-6-18(12-22(23)27)25(36)31-19-7-9-24(35)34(15-19)21-13-29-26(30-14-21)32-20-10-16-4-2-3-5-17(16)11-20/h2-5,7,9,13-15,18,20,28,33H,6,8,10-12,27H2,1H3,(H,31,36)(H,29,30,32)/t18-/m0/s1. The van der Waals surface area contributed by atoms with Gasteiger partial charge in [-0.05, 0) is 42.9 Å². The number of nitrogens with two attached hydrogens (primary N) is 1. The molecule has 1 aromatic carbocycles. The van der Waals surface area contributed by atoms with E-state index in [1.807, 2.05) is 0 Å². The molecule has 2 aliphatic rings. The number of fused-ring (bicyclic) bond motifs is 1. The maximum atomic E-state index is 12.9. The monoisotopic (exact) mass is 486 g/mol. The summed E-state index contributed by atoms with van der Waals surface area (Å²) in [7, 11) is 1.78. The number of hydrogen-bond donors (Lipinski definition) is 5. The van der Waals surface area contributed by atoms with E-state index < -0.39 is 0 Å². The van der Waals surface area contributed by atoms with Gasteiger partial charge in [-0.1, -0.05) is 24.3 Å². The fourth-order valence-corrected chi connectivity index (χ4v) is 4.86. The first kappa shape index (κ1) is 23.6. The third-order valence-corrected chi connectivity index (χ3v) is 6.72. The Balaban J connectivity index is 1.24. The predicted octanol–water partition coefficient (Wildman–Crippen LogP) is 1.84. The molecular formula is C26H30N8O2. The number of hydrogen-bond acceptors (Lipinski definition) is 8. The van der Waals surface area contributed by atoms with Gasteiger partial charge in [0.2, 0.25) is 11.9 Å². The number of allylic oxidation sites excluding steroid dienone is 2. The molecule has 0 saturated heterocycles. The highest BCUT2D eigenvalue weighted by Crippen LogP contribution is 2.27. The Morgan fingerprint density at radius 1 is 1.06 bits per heavy atom. The Hall–Kier alpha value is -4.18. The van der Waals surface area contributed by atoms with Crippen molar-refractivity contribution in [2.24, 2.45) is 11.7 Å². The van der Waals surface area contributed by atoms with Crippen LogP contribution in [0.5, 0.6) is 0 Å². The van der Waals surface area contributed by atoms with Gasteiger partial charge in [-0.2, -0.15) is 0 Å². The minimum absolute atomic E-state index is 0.125. The molecule has 2 aliphatic carbocycles. The number of aromatic nitrogens is 3. The fraction of sp³-hybridized carbons (Fsp3) is 0.308. The predicted molar refractivity (Wildman–Crippen MR) is 138 cm³/mol. The number of pyridine rings is 1. The molecule has 0 aliphatic heterocycles. The van der Waals surface area contributed by atoms with E-state index in [1.165, 1.54) is 21.8 Å². The molecule has 36 heavy (non-hydrogen) atoms. The van der Waals surface area contributed by atoms with Crippen LogP contribution in [-0.2, 0) is 17.6 Å². The highest BCUT2D eigenvalue weighted by Gasteiger charge is 2.26. The molecule has 2 heterocycles. The van der Waals surface area contributed by atoms with Crippen molar-refractivity contribution in [1.82, 2.24) is 25.4 Å². The Labute approximate surface area is 209 Å². The van der Waals surface area contributed by atoms with Crippen molar-refractivity contribution < 1.29 is 4.79 Å². The van der Waals surface area contributed by atoms with Gasteiger partial charge in [0.1, 0.15) is 0 Å². The number of carbonyl (C=O) groups excluding carboxylic acids is 1. The molecule has 3 aromatic rings. The van der Waals surface area contributed by atoms with E-state index in [2.05, 4.69) is 55.7 Å². The van der Waals surface area contributed by atoms with Crippen molar-refractivity contribution >= 4 is 17.5 Å². The van der Waals surface area contributed by atoms with Crippen molar-refractivity contribution in [1.29, 1.82) is 0 Å². The van der Waals surface area contributed by atoms with E-state index in [0.717, 1.165) is 18.5 Å². The second-order valence-electron chi connectivity index (χ2n) is 9.22. The van der Waals surface area contributed by atoms with Crippen LogP contribution < -0.4 is 32.8 Å². The number of anilines is 2. The van der Waals surface area contributed by atoms with Crippen LogP contribution in [-0.4, -0.2) is 33.5 Å². The molecule has 10 heteroatoms. The number of nitrogens with zero attached hydrogens (tertiary/aromatic N) is 3. The summed E-state index contributed by atoms with van der Waals surface area (Å²) in [5.74, 6) is 0.160. The van der Waals surface area contributed by atoms with Crippen LogP contribution >= 0.6 is 0 Å². The van der Waals surface area contributed by atoms with Gasteiger partial charge in [0, 0.05) is 49.1 Å². The average Bonchev–Trinajstić information content (AvgIpc) is 3.29. The summed E-state index contributed by atoms with van der Waals surface area (Å²) in [5, 5.41) is 6.30. The quantitative estimate of drug-likeness (QED) is 0.319. The van der Waals surface area contributed by atoms with Crippen LogP contribution in [0.25, 0.3) is 5.69 Å². The Bertz CT molecular complexity index is 1320. The van der Waals surface area contributed by atoms with Crippen molar-refractivity contribution in [2.75, 3.05) is 17.7 Å². The molecular weight excluding hydrogens is 456 g/mol. The van der Waals surface area contributed by atoms with E-state index in [0.29, 0.717) is 42.3 Å². The zero-order chi connectivity index (χ0) is 25.1. The molecule has 0 unspecified atom stereocenters. The Morgan fingerprint density at radius 3 is 2.44 bits per heavy atom. The number of rotatable bonds is 7. The van der Waals surface area contributed by atoms with Crippen molar-refractivity contribution in [3.63, 3.8) is 0 Å². The molecule has 0 spiro atoms. The smallest absolute Gasteiger partial charge is 0.255 e. The van der Waals surface area contributed by atoms with Crippen LogP contribution in [0.3, 0.4) is 0 Å². The summed E-state index contributed by atoms with van der Waals surface area (Å²) in [5.41, 5.74) is 17.1. The topological polar surface area (TPSA) is 139 Å². The maximum Gasteiger partial charge on any atom is 0.255 e. The third kappa shape index (κ3) is 5.08. The lowest BCUT2D eigenvalue weighted by molar-refractivity contribution is -0.120. The minimum Gasteiger partial charge on any atom is -0.401 e. The highest BCUT2D eigenvalue weighted by molar-refractivity contribution is 5.92. The molecule has 1 atom stereocenters. The van der Waals surface area contributed by atoms with Gasteiger partial charge >= 0.3 is 0 Å². The van der Waals surface area contributed by atoms with Crippen LogP contribution in [0.1, 0.15) is 30.4 Å². The number of nitrogens with one attached hydrogen (secondary N) is 4. The lowest BCUT2D eigenvalue weighted by Gasteiger charge is -2.25. The van der Waals surface area contributed by atoms with Gasteiger partial charge in [0.05, 0.1) is 23.8 Å². The first-order valence-corrected chi connectivity index (χ1v) is 12.1.